The first-order chi connectivity index (χ1) is 5.84. The fourth-order valence-electron chi connectivity index (χ4n) is 0.963. The van der Waals surface area contributed by atoms with Crippen LogP contribution in [0.15, 0.2) is 24.5 Å². The van der Waals surface area contributed by atoms with Gasteiger partial charge in [-0.15, -0.1) is 11.6 Å². The minimum atomic E-state index is 0.692. The lowest BCUT2D eigenvalue weighted by atomic mass is 10.3. The fourth-order valence-corrected chi connectivity index (χ4v) is 1.09. The highest BCUT2D eigenvalue weighted by atomic mass is 35.5. The van der Waals surface area contributed by atoms with Gasteiger partial charge in [0.05, 0.1) is 0 Å². The van der Waals surface area contributed by atoms with Crippen LogP contribution in [0.4, 0.5) is 0 Å². The van der Waals surface area contributed by atoms with E-state index in [4.69, 9.17) is 11.6 Å². The number of imidazole rings is 1. The lowest BCUT2D eigenvalue weighted by Crippen LogP contribution is -1.94. The van der Waals surface area contributed by atoms with Gasteiger partial charge in [0.15, 0.2) is 0 Å². The van der Waals surface area contributed by atoms with Crippen molar-refractivity contribution < 1.29 is 0 Å². The summed E-state index contributed by atoms with van der Waals surface area (Å²) in [5.74, 6) is 1.78. The van der Waals surface area contributed by atoms with E-state index in [1.54, 1.807) is 0 Å². The molecule has 0 aliphatic heterocycles. The van der Waals surface area contributed by atoms with Crippen LogP contribution in [0, 0.1) is 0 Å². The summed E-state index contributed by atoms with van der Waals surface area (Å²) < 4.78 is 2.02. The van der Waals surface area contributed by atoms with Gasteiger partial charge in [-0.25, -0.2) is 4.98 Å². The zero-order valence-corrected chi connectivity index (χ0v) is 7.96. The molecule has 0 aliphatic rings. The second-order valence-electron chi connectivity index (χ2n) is 2.61. The van der Waals surface area contributed by atoms with Crippen LogP contribution in [-0.4, -0.2) is 15.4 Å². The molecule has 1 rings (SSSR count). The molecule has 0 aliphatic carbocycles. The molecule has 0 N–H and O–H groups in total. The molecular formula is C9H13ClN2. The quantitative estimate of drug-likeness (QED) is 0.518. The Labute approximate surface area is 77.9 Å². The van der Waals surface area contributed by atoms with Crippen molar-refractivity contribution in [2.24, 2.45) is 7.05 Å². The number of hydrogen-bond donors (Lipinski definition) is 0. The van der Waals surface area contributed by atoms with Crippen molar-refractivity contribution >= 4 is 11.6 Å². The molecule has 1 heterocycles. The zero-order valence-electron chi connectivity index (χ0n) is 7.20. The average molecular weight is 185 g/mol. The SMILES string of the molecule is Cn1ccnc1CC=CCCCl. The van der Waals surface area contributed by atoms with Crippen LogP contribution in [-0.2, 0) is 13.5 Å². The average Bonchev–Trinajstić information content (AvgIpc) is 2.46. The molecule has 0 fully saturated rings. The third-order valence-corrected chi connectivity index (χ3v) is 1.88. The van der Waals surface area contributed by atoms with Gasteiger partial charge in [-0.1, -0.05) is 12.2 Å². The summed E-state index contributed by atoms with van der Waals surface area (Å²) in [6, 6.07) is 0. The fraction of sp³-hybridized carbons (Fsp3) is 0.444. The molecule has 0 saturated carbocycles. The van der Waals surface area contributed by atoms with E-state index in [0.29, 0.717) is 5.88 Å². The molecule has 0 saturated heterocycles. The second-order valence-corrected chi connectivity index (χ2v) is 2.99. The molecule has 0 unspecified atom stereocenters. The molecule has 0 atom stereocenters. The smallest absolute Gasteiger partial charge is 0.112 e. The van der Waals surface area contributed by atoms with Gasteiger partial charge in [-0.05, 0) is 6.42 Å². The summed E-state index contributed by atoms with van der Waals surface area (Å²) in [6.07, 6.45) is 9.77. The van der Waals surface area contributed by atoms with E-state index >= 15 is 0 Å². The van der Waals surface area contributed by atoms with Crippen LogP contribution in [0.2, 0.25) is 0 Å². The van der Waals surface area contributed by atoms with E-state index in [1.807, 2.05) is 24.0 Å². The predicted molar refractivity (Wildman–Crippen MR) is 51.4 cm³/mol. The molecule has 66 valence electrons. The summed E-state index contributed by atoms with van der Waals surface area (Å²) >= 11 is 5.52. The van der Waals surface area contributed by atoms with Crippen molar-refractivity contribution in [2.45, 2.75) is 12.8 Å². The van der Waals surface area contributed by atoms with Gasteiger partial charge in [-0.2, -0.15) is 0 Å². The Balaban J connectivity index is 2.37. The summed E-state index contributed by atoms with van der Waals surface area (Å²) in [6.45, 7) is 0. The molecular weight excluding hydrogens is 172 g/mol. The molecule has 2 nitrogen and oxygen atoms in total. The number of hydrogen-bond acceptors (Lipinski definition) is 1. The maximum atomic E-state index is 5.52. The first kappa shape index (κ1) is 9.33. The minimum Gasteiger partial charge on any atom is -0.338 e. The van der Waals surface area contributed by atoms with Crippen LogP contribution >= 0.6 is 11.6 Å². The summed E-state index contributed by atoms with van der Waals surface area (Å²) in [5.41, 5.74) is 0. The number of halogens is 1. The summed E-state index contributed by atoms with van der Waals surface area (Å²) in [7, 11) is 2.00. The second kappa shape index (κ2) is 4.99. The predicted octanol–water partition coefficient (Wildman–Crippen LogP) is 2.15. The van der Waals surface area contributed by atoms with Crippen LogP contribution in [0.1, 0.15) is 12.2 Å². The Hall–Kier alpha value is -0.760. The van der Waals surface area contributed by atoms with E-state index in [-0.39, 0.29) is 0 Å². The zero-order chi connectivity index (χ0) is 8.81. The van der Waals surface area contributed by atoms with Crippen molar-refractivity contribution in [1.82, 2.24) is 9.55 Å². The molecule has 12 heavy (non-hydrogen) atoms. The van der Waals surface area contributed by atoms with Crippen LogP contribution in [0.5, 0.6) is 0 Å². The highest BCUT2D eigenvalue weighted by molar-refractivity contribution is 6.17. The number of aromatic nitrogens is 2. The largest absolute Gasteiger partial charge is 0.338 e. The van der Waals surface area contributed by atoms with Gasteiger partial charge in [0, 0.05) is 31.7 Å². The van der Waals surface area contributed by atoms with Gasteiger partial charge in [0.1, 0.15) is 5.82 Å². The molecule has 0 amide bonds. The van der Waals surface area contributed by atoms with E-state index < -0.39 is 0 Å². The molecule has 1 aromatic rings. The Kier molecular flexibility index (Phi) is 3.88. The molecule has 1 aromatic heterocycles. The third-order valence-electron chi connectivity index (χ3n) is 1.66. The minimum absolute atomic E-state index is 0.692. The third kappa shape index (κ3) is 2.70. The monoisotopic (exact) mass is 184 g/mol. The Morgan fingerprint density at radius 2 is 2.42 bits per heavy atom. The Bertz CT molecular complexity index is 253. The summed E-state index contributed by atoms with van der Waals surface area (Å²) in [5, 5.41) is 0. The molecule has 0 bridgehead atoms. The number of rotatable bonds is 4. The maximum Gasteiger partial charge on any atom is 0.112 e. The lowest BCUT2D eigenvalue weighted by Gasteiger charge is -1.95. The topological polar surface area (TPSA) is 17.8 Å². The standard InChI is InChI=1S/C9H13ClN2/c1-12-8-7-11-9(12)5-3-2-4-6-10/h2-3,7-8H,4-6H2,1H3. The van der Waals surface area contributed by atoms with Crippen LogP contribution in [0.25, 0.3) is 0 Å². The van der Waals surface area contributed by atoms with Gasteiger partial charge in [-0.3, -0.25) is 0 Å². The Morgan fingerprint density at radius 1 is 1.58 bits per heavy atom. The van der Waals surface area contributed by atoms with Crippen molar-refractivity contribution in [3.8, 4) is 0 Å². The van der Waals surface area contributed by atoms with Gasteiger partial charge in [0.25, 0.3) is 0 Å². The highest BCUT2D eigenvalue weighted by Gasteiger charge is 1.93. The number of aryl methyl sites for hydroxylation is 1. The normalized spacial score (nSPS) is 11.2. The molecule has 0 spiro atoms. The molecule has 3 heteroatoms. The first-order valence-corrected chi connectivity index (χ1v) is 4.55. The van der Waals surface area contributed by atoms with Crippen molar-refractivity contribution in [1.29, 1.82) is 0 Å². The first-order valence-electron chi connectivity index (χ1n) is 4.01. The van der Waals surface area contributed by atoms with Crippen LogP contribution in [0.3, 0.4) is 0 Å². The van der Waals surface area contributed by atoms with E-state index in [2.05, 4.69) is 17.1 Å². The van der Waals surface area contributed by atoms with Gasteiger partial charge in [0.2, 0.25) is 0 Å². The Morgan fingerprint density at radius 3 is 3.00 bits per heavy atom. The van der Waals surface area contributed by atoms with Crippen molar-refractivity contribution in [3.63, 3.8) is 0 Å². The van der Waals surface area contributed by atoms with E-state index in [0.717, 1.165) is 18.7 Å². The van der Waals surface area contributed by atoms with Crippen molar-refractivity contribution in [2.75, 3.05) is 5.88 Å². The van der Waals surface area contributed by atoms with Crippen LogP contribution < -0.4 is 0 Å². The van der Waals surface area contributed by atoms with Crippen molar-refractivity contribution in [3.05, 3.63) is 30.4 Å². The molecule has 0 aromatic carbocycles. The molecule has 0 radical (unpaired) electrons. The number of alkyl halides is 1. The van der Waals surface area contributed by atoms with E-state index in [1.165, 1.54) is 0 Å². The number of allylic oxidation sites excluding steroid dienone is 2. The highest BCUT2D eigenvalue weighted by Crippen LogP contribution is 1.97. The number of nitrogens with zero attached hydrogens (tertiary/aromatic N) is 2. The van der Waals surface area contributed by atoms with Gasteiger partial charge < -0.3 is 4.57 Å². The maximum absolute atomic E-state index is 5.52. The van der Waals surface area contributed by atoms with E-state index in [9.17, 15) is 0 Å². The summed E-state index contributed by atoms with van der Waals surface area (Å²) in [4.78, 5) is 4.19. The lowest BCUT2D eigenvalue weighted by molar-refractivity contribution is 0.829. The van der Waals surface area contributed by atoms with Gasteiger partial charge >= 0.3 is 0 Å².